The van der Waals surface area contributed by atoms with Crippen molar-refractivity contribution in [3.63, 3.8) is 0 Å². The number of carbonyl (C=O) groups excluding carboxylic acids is 1. The predicted octanol–water partition coefficient (Wildman–Crippen LogP) is 1.62. The van der Waals surface area contributed by atoms with E-state index in [0.717, 1.165) is 37.3 Å². The fraction of sp³-hybridized carbons (Fsp3) is 0.533. The Hall–Kier alpha value is -1.95. The van der Waals surface area contributed by atoms with Gasteiger partial charge in [0.1, 0.15) is 11.4 Å². The van der Waals surface area contributed by atoms with Crippen molar-refractivity contribution >= 4 is 5.97 Å². The first-order valence-corrected chi connectivity index (χ1v) is 7.59. The Kier molecular flexibility index (Phi) is 5.27. The van der Waals surface area contributed by atoms with E-state index in [4.69, 9.17) is 4.74 Å². The summed E-state index contributed by atoms with van der Waals surface area (Å²) < 4.78 is 5.14. The average Bonchev–Trinajstić information content (AvgIpc) is 2.91. The maximum atomic E-state index is 12.1. The van der Waals surface area contributed by atoms with E-state index in [-0.39, 0.29) is 5.97 Å². The van der Waals surface area contributed by atoms with Gasteiger partial charge in [0, 0.05) is 19.3 Å². The van der Waals surface area contributed by atoms with Crippen LogP contribution in [0.25, 0.3) is 0 Å². The van der Waals surface area contributed by atoms with Crippen molar-refractivity contribution in [2.75, 3.05) is 19.7 Å². The van der Waals surface area contributed by atoms with E-state index in [1.54, 1.807) is 6.08 Å². The molecule has 0 saturated carbocycles. The number of rotatable bonds is 7. The lowest BCUT2D eigenvalue weighted by Gasteiger charge is -2.31. The van der Waals surface area contributed by atoms with E-state index in [1.165, 1.54) is 0 Å². The van der Waals surface area contributed by atoms with Gasteiger partial charge in [-0.05, 0) is 32.4 Å². The number of hydrogen-bond donors (Lipinski definition) is 2. The fourth-order valence-electron chi connectivity index (χ4n) is 2.30. The molecule has 0 aromatic heterocycles. The predicted molar refractivity (Wildman–Crippen MR) is 81.1 cm³/mol. The summed E-state index contributed by atoms with van der Waals surface area (Å²) in [4.78, 5) is 12.1. The summed E-state index contributed by atoms with van der Waals surface area (Å²) in [5.74, 6) is -0.312. The van der Waals surface area contributed by atoms with Crippen molar-refractivity contribution in [1.82, 2.24) is 20.9 Å². The number of hydrazine groups is 2. The maximum absolute atomic E-state index is 12.1. The molecule has 116 valence electrons. The van der Waals surface area contributed by atoms with Gasteiger partial charge in [0.15, 0.2) is 0 Å². The third kappa shape index (κ3) is 3.21. The van der Waals surface area contributed by atoms with Crippen molar-refractivity contribution in [1.29, 1.82) is 0 Å². The van der Waals surface area contributed by atoms with Gasteiger partial charge in [0.25, 0.3) is 0 Å². The molecule has 2 aliphatic heterocycles. The highest BCUT2D eigenvalue weighted by Gasteiger charge is 2.31. The van der Waals surface area contributed by atoms with Crippen LogP contribution in [0.1, 0.15) is 33.6 Å². The highest BCUT2D eigenvalue weighted by Crippen LogP contribution is 2.29. The van der Waals surface area contributed by atoms with E-state index in [9.17, 15) is 4.79 Å². The zero-order chi connectivity index (χ0) is 15.2. The minimum Gasteiger partial charge on any atom is -0.461 e. The molecule has 0 radical (unpaired) electrons. The van der Waals surface area contributed by atoms with E-state index >= 15 is 0 Å². The molecule has 2 heterocycles. The van der Waals surface area contributed by atoms with Crippen LogP contribution in [-0.2, 0) is 9.53 Å². The molecule has 2 rings (SSSR count). The van der Waals surface area contributed by atoms with Crippen LogP contribution in [0.2, 0.25) is 0 Å². The molecule has 0 amide bonds. The van der Waals surface area contributed by atoms with Gasteiger partial charge in [-0.3, -0.25) is 10.0 Å². The molecule has 0 bridgehead atoms. The number of nitrogens with one attached hydrogen (secondary N) is 2. The molecular formula is C15H24N4O2. The minimum absolute atomic E-state index is 0.312. The molecule has 0 fully saturated rings. The van der Waals surface area contributed by atoms with Gasteiger partial charge < -0.3 is 10.2 Å². The van der Waals surface area contributed by atoms with E-state index in [0.29, 0.717) is 12.3 Å². The number of ether oxygens (including phenoxy) is 1. The Balaban J connectivity index is 2.21. The molecule has 0 aromatic carbocycles. The Labute approximate surface area is 126 Å². The topological polar surface area (TPSA) is 56.8 Å². The Morgan fingerprint density at radius 1 is 1.29 bits per heavy atom. The first-order valence-electron chi connectivity index (χ1n) is 7.59. The summed E-state index contributed by atoms with van der Waals surface area (Å²) >= 11 is 0. The number of unbranched alkanes of at least 4 members (excludes halogenated alkanes) is 1. The lowest BCUT2D eigenvalue weighted by molar-refractivity contribution is -0.140. The number of esters is 1. The molecule has 21 heavy (non-hydrogen) atoms. The molecule has 0 aliphatic carbocycles. The Bertz CT molecular complexity index is 482. The number of fused-ring (bicyclic) bond motifs is 1. The second-order valence-electron chi connectivity index (χ2n) is 4.82. The fourth-order valence-corrected chi connectivity index (χ4v) is 2.30. The van der Waals surface area contributed by atoms with Gasteiger partial charge in [0.2, 0.25) is 0 Å². The summed E-state index contributed by atoms with van der Waals surface area (Å²) in [5, 5.41) is 3.86. The summed E-state index contributed by atoms with van der Waals surface area (Å²) in [6.07, 6.45) is 7.80. The molecule has 0 unspecified atom stereocenters. The van der Waals surface area contributed by atoms with Crippen LogP contribution in [0.5, 0.6) is 0 Å². The van der Waals surface area contributed by atoms with Crippen LogP contribution in [0.3, 0.4) is 0 Å². The number of allylic oxidation sites excluding steroid dienone is 2. The second-order valence-corrected chi connectivity index (χ2v) is 4.82. The summed E-state index contributed by atoms with van der Waals surface area (Å²) in [5.41, 5.74) is 9.02. The van der Waals surface area contributed by atoms with Crippen molar-refractivity contribution in [2.45, 2.75) is 33.6 Å². The minimum atomic E-state index is -0.312. The molecule has 6 heteroatoms. The van der Waals surface area contributed by atoms with Crippen molar-refractivity contribution < 1.29 is 9.53 Å². The van der Waals surface area contributed by atoms with Gasteiger partial charge in [0.05, 0.1) is 12.3 Å². The lowest BCUT2D eigenvalue weighted by atomic mass is 10.2. The zero-order valence-corrected chi connectivity index (χ0v) is 13.0. The summed E-state index contributed by atoms with van der Waals surface area (Å²) in [6, 6.07) is 0. The van der Waals surface area contributed by atoms with Gasteiger partial charge in [-0.15, -0.1) is 0 Å². The molecule has 6 nitrogen and oxygen atoms in total. The van der Waals surface area contributed by atoms with Crippen LogP contribution < -0.4 is 10.9 Å². The van der Waals surface area contributed by atoms with Gasteiger partial charge in [-0.1, -0.05) is 13.3 Å². The number of likely N-dealkylation sites (N-methyl/N-ethyl adjacent to an activating group) is 1. The second kappa shape index (κ2) is 7.17. The van der Waals surface area contributed by atoms with Crippen LogP contribution >= 0.6 is 0 Å². The highest BCUT2D eigenvalue weighted by atomic mass is 16.5. The molecule has 0 atom stereocenters. The highest BCUT2D eigenvalue weighted by molar-refractivity contribution is 5.89. The van der Waals surface area contributed by atoms with Crippen LogP contribution in [0.15, 0.2) is 35.4 Å². The van der Waals surface area contributed by atoms with Gasteiger partial charge in [-0.25, -0.2) is 10.2 Å². The summed E-state index contributed by atoms with van der Waals surface area (Å²) in [7, 11) is 0. The van der Waals surface area contributed by atoms with Gasteiger partial charge >= 0.3 is 5.97 Å². The molecule has 0 aromatic rings. The van der Waals surface area contributed by atoms with Crippen LogP contribution in [0, 0.1) is 0 Å². The third-order valence-corrected chi connectivity index (χ3v) is 3.39. The molecule has 2 aliphatic rings. The SMILES string of the molecule is CCCCNN1C(C(=O)OCC)=CC=C2C1=CNN2CC. The molecular weight excluding hydrogens is 268 g/mol. The number of carbonyl (C=O) groups is 1. The Morgan fingerprint density at radius 3 is 2.76 bits per heavy atom. The Morgan fingerprint density at radius 2 is 2.10 bits per heavy atom. The lowest BCUT2D eigenvalue weighted by Crippen LogP contribution is -2.42. The third-order valence-electron chi connectivity index (χ3n) is 3.39. The molecule has 0 saturated heterocycles. The van der Waals surface area contributed by atoms with E-state index < -0.39 is 0 Å². The molecule has 2 N–H and O–H groups in total. The monoisotopic (exact) mass is 292 g/mol. The normalized spacial score (nSPS) is 16.8. The van der Waals surface area contributed by atoms with Gasteiger partial charge in [-0.2, -0.15) is 0 Å². The molecule has 0 spiro atoms. The average molecular weight is 292 g/mol. The van der Waals surface area contributed by atoms with E-state index in [1.807, 2.05) is 29.2 Å². The largest absolute Gasteiger partial charge is 0.461 e. The quantitative estimate of drug-likeness (QED) is 0.549. The number of nitrogens with zero attached hydrogens (tertiary/aromatic N) is 2. The standard InChI is InChI=1S/C15H24N4O2/c1-4-7-10-16-19-13(15(20)21-6-3)9-8-12-14(19)11-17-18(12)5-2/h8-9,11,16-17H,4-7,10H2,1-3H3. The smallest absolute Gasteiger partial charge is 0.356 e. The van der Waals surface area contributed by atoms with Crippen molar-refractivity contribution in [2.24, 2.45) is 0 Å². The van der Waals surface area contributed by atoms with E-state index in [2.05, 4.69) is 24.7 Å². The first kappa shape index (κ1) is 15.4. The zero-order valence-electron chi connectivity index (χ0n) is 13.0. The first-order chi connectivity index (χ1) is 10.2. The van der Waals surface area contributed by atoms with Crippen LogP contribution in [0.4, 0.5) is 0 Å². The van der Waals surface area contributed by atoms with Crippen molar-refractivity contribution in [3.8, 4) is 0 Å². The summed E-state index contributed by atoms with van der Waals surface area (Å²) in [6.45, 7) is 8.05. The maximum Gasteiger partial charge on any atom is 0.356 e. The van der Waals surface area contributed by atoms with Crippen LogP contribution in [-0.4, -0.2) is 35.7 Å². The number of hydrogen-bond acceptors (Lipinski definition) is 6. The van der Waals surface area contributed by atoms with Crippen molar-refractivity contribution in [3.05, 3.63) is 35.4 Å².